The third-order valence-corrected chi connectivity index (χ3v) is 4.94. The minimum Gasteiger partial charge on any atom is -0.508 e. The van der Waals surface area contributed by atoms with Gasteiger partial charge < -0.3 is 19.9 Å². The molecule has 0 atom stereocenters. The molecule has 26 heavy (non-hydrogen) atoms. The van der Waals surface area contributed by atoms with Gasteiger partial charge in [-0.05, 0) is 37.3 Å². The summed E-state index contributed by atoms with van der Waals surface area (Å²) in [5, 5.41) is 13.0. The number of phenols is 1. The van der Waals surface area contributed by atoms with Crippen LogP contribution >= 0.6 is 11.3 Å². The van der Waals surface area contributed by atoms with E-state index in [-0.39, 0.29) is 11.7 Å². The first-order valence-electron chi connectivity index (χ1n) is 7.82. The SMILES string of the molecule is COc1ccc(-c2nc(C)c(C(=O)Nc3cccc(O)c3)s2)cc1OC. The van der Waals surface area contributed by atoms with Crippen LogP contribution in [-0.2, 0) is 0 Å². The maximum absolute atomic E-state index is 12.5. The molecule has 2 aromatic carbocycles. The van der Waals surface area contributed by atoms with Gasteiger partial charge in [0, 0.05) is 17.3 Å². The number of rotatable bonds is 5. The Kier molecular flexibility index (Phi) is 5.09. The molecule has 1 heterocycles. The average molecular weight is 370 g/mol. The number of hydrogen-bond acceptors (Lipinski definition) is 6. The van der Waals surface area contributed by atoms with Gasteiger partial charge in [-0.1, -0.05) is 6.07 Å². The first-order valence-corrected chi connectivity index (χ1v) is 8.63. The number of nitrogens with one attached hydrogen (secondary N) is 1. The maximum atomic E-state index is 12.5. The number of carbonyl (C=O) groups excluding carboxylic acids is 1. The summed E-state index contributed by atoms with van der Waals surface area (Å²) in [7, 11) is 3.15. The van der Waals surface area contributed by atoms with E-state index in [4.69, 9.17) is 9.47 Å². The van der Waals surface area contributed by atoms with E-state index in [1.165, 1.54) is 17.4 Å². The summed E-state index contributed by atoms with van der Waals surface area (Å²) in [5.74, 6) is 1.06. The topological polar surface area (TPSA) is 80.7 Å². The van der Waals surface area contributed by atoms with Crippen molar-refractivity contribution in [2.45, 2.75) is 6.92 Å². The number of aromatic nitrogens is 1. The fourth-order valence-corrected chi connectivity index (χ4v) is 3.43. The monoisotopic (exact) mass is 370 g/mol. The molecule has 0 aliphatic rings. The minimum atomic E-state index is -0.266. The van der Waals surface area contributed by atoms with Crippen LogP contribution in [-0.4, -0.2) is 30.2 Å². The van der Waals surface area contributed by atoms with Crippen LogP contribution < -0.4 is 14.8 Å². The number of methoxy groups -OCH3 is 2. The van der Waals surface area contributed by atoms with Crippen molar-refractivity contribution in [2.24, 2.45) is 0 Å². The number of phenolic OH excluding ortho intramolecular Hbond substituents is 1. The predicted octanol–water partition coefficient (Wildman–Crippen LogP) is 4.09. The van der Waals surface area contributed by atoms with Crippen molar-refractivity contribution in [1.82, 2.24) is 4.98 Å². The second-order valence-corrected chi connectivity index (χ2v) is 6.51. The number of thiazole rings is 1. The molecule has 0 spiro atoms. The van der Waals surface area contributed by atoms with E-state index < -0.39 is 0 Å². The van der Waals surface area contributed by atoms with Crippen molar-refractivity contribution >= 4 is 22.9 Å². The molecule has 0 saturated heterocycles. The molecule has 0 unspecified atom stereocenters. The Bertz CT molecular complexity index is 952. The molecule has 0 saturated carbocycles. The summed E-state index contributed by atoms with van der Waals surface area (Å²) < 4.78 is 10.6. The van der Waals surface area contributed by atoms with Crippen molar-refractivity contribution in [3.05, 3.63) is 53.0 Å². The highest BCUT2D eigenvalue weighted by Crippen LogP contribution is 2.35. The lowest BCUT2D eigenvalue weighted by atomic mass is 10.2. The molecular weight excluding hydrogens is 352 g/mol. The normalized spacial score (nSPS) is 10.4. The van der Waals surface area contributed by atoms with Gasteiger partial charge in [-0.3, -0.25) is 4.79 Å². The smallest absolute Gasteiger partial charge is 0.267 e. The number of aryl methyl sites for hydroxylation is 1. The molecule has 0 radical (unpaired) electrons. The van der Waals surface area contributed by atoms with Gasteiger partial charge in [-0.15, -0.1) is 11.3 Å². The molecule has 0 fully saturated rings. The maximum Gasteiger partial charge on any atom is 0.267 e. The lowest BCUT2D eigenvalue weighted by Crippen LogP contribution is -2.11. The van der Waals surface area contributed by atoms with Crippen LogP contribution in [0.25, 0.3) is 10.6 Å². The lowest BCUT2D eigenvalue weighted by Gasteiger charge is -2.08. The van der Waals surface area contributed by atoms with E-state index >= 15 is 0 Å². The summed E-state index contributed by atoms with van der Waals surface area (Å²) in [6.07, 6.45) is 0. The summed E-state index contributed by atoms with van der Waals surface area (Å²) in [4.78, 5) is 17.6. The Morgan fingerprint density at radius 1 is 1.12 bits per heavy atom. The van der Waals surface area contributed by atoms with Crippen molar-refractivity contribution in [2.75, 3.05) is 19.5 Å². The van der Waals surface area contributed by atoms with Crippen LogP contribution in [0.3, 0.4) is 0 Å². The Hall–Kier alpha value is -3.06. The predicted molar refractivity (Wildman–Crippen MR) is 101 cm³/mol. The van der Waals surface area contributed by atoms with Gasteiger partial charge in [-0.25, -0.2) is 4.98 Å². The largest absolute Gasteiger partial charge is 0.508 e. The van der Waals surface area contributed by atoms with Gasteiger partial charge in [0.2, 0.25) is 0 Å². The molecule has 134 valence electrons. The zero-order valence-corrected chi connectivity index (χ0v) is 15.4. The molecule has 7 heteroatoms. The van der Waals surface area contributed by atoms with Crippen LogP contribution in [0.15, 0.2) is 42.5 Å². The van der Waals surface area contributed by atoms with Gasteiger partial charge in [0.15, 0.2) is 11.5 Å². The van der Waals surface area contributed by atoms with Crippen LogP contribution in [0.2, 0.25) is 0 Å². The fraction of sp³-hybridized carbons (Fsp3) is 0.158. The number of hydrogen-bond donors (Lipinski definition) is 2. The van der Waals surface area contributed by atoms with Gasteiger partial charge in [0.25, 0.3) is 5.91 Å². The summed E-state index contributed by atoms with van der Waals surface area (Å²) in [6, 6.07) is 11.9. The van der Waals surface area contributed by atoms with Gasteiger partial charge >= 0.3 is 0 Å². The minimum absolute atomic E-state index is 0.0924. The van der Waals surface area contributed by atoms with Crippen LogP contribution in [0, 0.1) is 6.92 Å². The highest BCUT2D eigenvalue weighted by atomic mass is 32.1. The molecule has 3 aromatic rings. The molecule has 1 amide bonds. The zero-order valence-electron chi connectivity index (χ0n) is 14.6. The number of nitrogens with zero attached hydrogens (tertiary/aromatic N) is 1. The molecule has 0 bridgehead atoms. The number of anilines is 1. The average Bonchev–Trinajstić information content (AvgIpc) is 3.03. The Morgan fingerprint density at radius 3 is 2.58 bits per heavy atom. The molecule has 1 aromatic heterocycles. The van der Waals surface area contributed by atoms with Crippen molar-refractivity contribution in [3.8, 4) is 27.8 Å². The Balaban J connectivity index is 1.88. The van der Waals surface area contributed by atoms with E-state index in [2.05, 4.69) is 10.3 Å². The first-order chi connectivity index (χ1) is 12.5. The number of carbonyl (C=O) groups is 1. The molecule has 0 aliphatic carbocycles. The lowest BCUT2D eigenvalue weighted by molar-refractivity contribution is 0.103. The Labute approximate surface area is 155 Å². The fourth-order valence-electron chi connectivity index (χ4n) is 2.47. The number of amides is 1. The highest BCUT2D eigenvalue weighted by molar-refractivity contribution is 7.17. The van der Waals surface area contributed by atoms with Gasteiger partial charge in [-0.2, -0.15) is 0 Å². The second kappa shape index (κ2) is 7.45. The van der Waals surface area contributed by atoms with Gasteiger partial charge in [0.1, 0.15) is 15.6 Å². The van der Waals surface area contributed by atoms with Crippen LogP contribution in [0.1, 0.15) is 15.4 Å². The summed E-state index contributed by atoms with van der Waals surface area (Å²) >= 11 is 1.29. The number of ether oxygens (including phenoxy) is 2. The van der Waals surface area contributed by atoms with Crippen molar-refractivity contribution in [3.63, 3.8) is 0 Å². The zero-order chi connectivity index (χ0) is 18.7. The standard InChI is InChI=1S/C19H18N2O4S/c1-11-17(18(23)21-13-5-4-6-14(22)10-13)26-19(20-11)12-7-8-15(24-2)16(9-12)25-3/h4-10,22H,1-3H3,(H,21,23). The number of benzene rings is 2. The second-order valence-electron chi connectivity index (χ2n) is 5.51. The van der Waals surface area contributed by atoms with E-state index in [0.29, 0.717) is 32.8 Å². The first kappa shape index (κ1) is 17.8. The molecule has 0 aliphatic heterocycles. The molecule has 2 N–H and O–H groups in total. The van der Waals surface area contributed by atoms with E-state index in [1.807, 2.05) is 12.1 Å². The summed E-state index contributed by atoms with van der Waals surface area (Å²) in [5.41, 5.74) is 2.00. The summed E-state index contributed by atoms with van der Waals surface area (Å²) in [6.45, 7) is 1.79. The van der Waals surface area contributed by atoms with E-state index in [1.54, 1.807) is 45.4 Å². The molecule has 6 nitrogen and oxygen atoms in total. The highest BCUT2D eigenvalue weighted by Gasteiger charge is 2.17. The molecule has 3 rings (SSSR count). The number of aromatic hydroxyl groups is 1. The van der Waals surface area contributed by atoms with E-state index in [0.717, 1.165) is 5.56 Å². The van der Waals surface area contributed by atoms with Crippen LogP contribution in [0.5, 0.6) is 17.2 Å². The van der Waals surface area contributed by atoms with Crippen LogP contribution in [0.4, 0.5) is 5.69 Å². The quantitative estimate of drug-likeness (QED) is 0.707. The third kappa shape index (κ3) is 3.62. The van der Waals surface area contributed by atoms with E-state index in [9.17, 15) is 9.90 Å². The van der Waals surface area contributed by atoms with Crippen molar-refractivity contribution < 1.29 is 19.4 Å². The van der Waals surface area contributed by atoms with Crippen molar-refractivity contribution in [1.29, 1.82) is 0 Å². The molecular formula is C19H18N2O4S. The Morgan fingerprint density at radius 2 is 1.88 bits per heavy atom. The third-order valence-electron chi connectivity index (χ3n) is 3.74. The van der Waals surface area contributed by atoms with Gasteiger partial charge in [0.05, 0.1) is 19.9 Å².